The molecule has 0 aliphatic carbocycles. The van der Waals surface area contributed by atoms with Gasteiger partial charge in [-0.2, -0.15) is 0 Å². The Morgan fingerprint density at radius 3 is 1.74 bits per heavy atom. The lowest BCUT2D eigenvalue weighted by Crippen LogP contribution is -2.27. The molecule has 12 nitrogen and oxygen atoms in total. The minimum Gasteiger partial charge on any atom is -0.473 e. The number of nitrogens with zero attached hydrogens (tertiary/aromatic N) is 2. The summed E-state index contributed by atoms with van der Waals surface area (Å²) in [5, 5.41) is 35.8. The van der Waals surface area contributed by atoms with E-state index in [1.807, 2.05) is 12.1 Å². The predicted octanol–water partition coefficient (Wildman–Crippen LogP) is 3.56. The number of rotatable bonds is 11. The van der Waals surface area contributed by atoms with Gasteiger partial charge in [0.1, 0.15) is 32.0 Å². The van der Waals surface area contributed by atoms with Crippen molar-refractivity contribution in [1.82, 2.24) is 10.3 Å². The SMILES string of the molecule is NC(=O)OCC(O)COc1cc(-c2cccc(Cl)c2)on1.OCC(O)COc1cc(-c2cccc(Cl)c2)on1. The van der Waals surface area contributed by atoms with Gasteiger partial charge in [-0.1, -0.05) is 47.5 Å². The van der Waals surface area contributed by atoms with Gasteiger partial charge in [0, 0.05) is 33.3 Å². The zero-order chi connectivity index (χ0) is 28.2. The van der Waals surface area contributed by atoms with E-state index in [0.29, 0.717) is 21.6 Å². The summed E-state index contributed by atoms with van der Waals surface area (Å²) >= 11 is 11.8. The third-order valence-corrected chi connectivity index (χ3v) is 5.14. The summed E-state index contributed by atoms with van der Waals surface area (Å²) in [6.07, 6.45) is -2.90. The number of aliphatic hydroxyl groups excluding tert-OH is 3. The Morgan fingerprint density at radius 2 is 1.31 bits per heavy atom. The van der Waals surface area contributed by atoms with Gasteiger partial charge in [0.15, 0.2) is 11.5 Å². The Bertz CT molecular complexity index is 1330. The summed E-state index contributed by atoms with van der Waals surface area (Å²) in [5.41, 5.74) is 6.31. The van der Waals surface area contributed by atoms with E-state index < -0.39 is 18.3 Å². The molecule has 1 amide bonds. The van der Waals surface area contributed by atoms with E-state index in [1.165, 1.54) is 0 Å². The van der Waals surface area contributed by atoms with Gasteiger partial charge in [-0.25, -0.2) is 4.79 Å². The van der Waals surface area contributed by atoms with Crippen LogP contribution in [0.25, 0.3) is 22.6 Å². The van der Waals surface area contributed by atoms with Crippen molar-refractivity contribution in [3.8, 4) is 34.4 Å². The van der Waals surface area contributed by atoms with E-state index in [4.69, 9.17) is 57.7 Å². The number of ether oxygens (including phenoxy) is 3. The van der Waals surface area contributed by atoms with Gasteiger partial charge in [0.2, 0.25) is 0 Å². The third kappa shape index (κ3) is 10.1. The number of carbonyl (C=O) groups is 1. The summed E-state index contributed by atoms with van der Waals surface area (Å²) in [6, 6.07) is 17.4. The zero-order valence-corrected chi connectivity index (χ0v) is 21.8. The molecule has 0 aliphatic heterocycles. The molecule has 0 radical (unpaired) electrons. The fourth-order valence-corrected chi connectivity index (χ4v) is 3.23. The number of nitrogens with two attached hydrogens (primary N) is 1. The van der Waals surface area contributed by atoms with Crippen LogP contribution in [0.15, 0.2) is 69.7 Å². The quantitative estimate of drug-likeness (QED) is 0.203. The lowest BCUT2D eigenvalue weighted by atomic mass is 10.2. The molecule has 14 heteroatoms. The fraction of sp³-hybridized carbons (Fsp3) is 0.240. The monoisotopic (exact) mass is 581 g/mol. The molecule has 0 aliphatic rings. The normalized spacial score (nSPS) is 12.1. The summed E-state index contributed by atoms with van der Waals surface area (Å²) in [5.74, 6) is 1.45. The third-order valence-electron chi connectivity index (χ3n) is 4.67. The number of carbonyl (C=O) groups excluding carboxylic acids is 1. The molecule has 208 valence electrons. The second-order valence-corrected chi connectivity index (χ2v) is 8.69. The second kappa shape index (κ2) is 15.0. The van der Waals surface area contributed by atoms with Crippen LogP contribution >= 0.6 is 23.2 Å². The molecule has 2 unspecified atom stereocenters. The summed E-state index contributed by atoms with van der Waals surface area (Å²) in [7, 11) is 0. The number of amides is 1. The lowest BCUT2D eigenvalue weighted by molar-refractivity contribution is 0.0399. The van der Waals surface area contributed by atoms with Crippen LogP contribution in [0.4, 0.5) is 4.79 Å². The maximum Gasteiger partial charge on any atom is 0.404 e. The average molecular weight is 582 g/mol. The smallest absolute Gasteiger partial charge is 0.404 e. The van der Waals surface area contributed by atoms with Gasteiger partial charge in [0.05, 0.1) is 6.61 Å². The fourth-order valence-electron chi connectivity index (χ4n) is 2.85. The Labute approximate surface area is 232 Å². The van der Waals surface area contributed by atoms with Crippen LogP contribution < -0.4 is 15.2 Å². The zero-order valence-electron chi connectivity index (χ0n) is 20.3. The van der Waals surface area contributed by atoms with Crippen LogP contribution in [0, 0.1) is 0 Å². The van der Waals surface area contributed by atoms with Gasteiger partial charge in [-0.3, -0.25) is 0 Å². The van der Waals surface area contributed by atoms with E-state index >= 15 is 0 Å². The Morgan fingerprint density at radius 1 is 0.821 bits per heavy atom. The van der Waals surface area contributed by atoms with Gasteiger partial charge >= 0.3 is 6.09 Å². The van der Waals surface area contributed by atoms with Crippen molar-refractivity contribution in [3.63, 3.8) is 0 Å². The Kier molecular flexibility index (Phi) is 11.4. The molecule has 5 N–H and O–H groups in total. The molecule has 0 bridgehead atoms. The highest BCUT2D eigenvalue weighted by Gasteiger charge is 2.12. The van der Waals surface area contributed by atoms with Crippen molar-refractivity contribution >= 4 is 29.3 Å². The molecule has 0 spiro atoms. The maximum absolute atomic E-state index is 10.4. The average Bonchev–Trinajstić information content (AvgIpc) is 3.60. The molecule has 4 aromatic rings. The van der Waals surface area contributed by atoms with Crippen molar-refractivity contribution < 1.29 is 43.4 Å². The van der Waals surface area contributed by atoms with Crippen molar-refractivity contribution in [1.29, 1.82) is 0 Å². The highest BCUT2D eigenvalue weighted by Crippen LogP contribution is 2.27. The standard InChI is InChI=1S/C13H13ClN2O5.C12H12ClNO4/c14-9-3-1-2-8(4-9)11-5-12(16-21-11)19-6-10(17)7-20-13(15)18;13-9-3-1-2-8(4-9)11-5-12(14-18-11)17-7-10(16)6-15/h1-5,10,17H,6-7H2,(H2,15,18);1-5,10,15-16H,6-7H2. The molecule has 0 saturated carbocycles. The van der Waals surface area contributed by atoms with Gasteiger partial charge in [-0.05, 0) is 34.6 Å². The number of aliphatic hydroxyl groups is 3. The molecule has 2 atom stereocenters. The first-order valence-corrected chi connectivity index (χ1v) is 12.1. The molecule has 2 aromatic carbocycles. The molecular weight excluding hydrogens is 557 g/mol. The van der Waals surface area contributed by atoms with Crippen LogP contribution in [0.1, 0.15) is 0 Å². The van der Waals surface area contributed by atoms with Crippen molar-refractivity contribution in [2.75, 3.05) is 26.4 Å². The second-order valence-electron chi connectivity index (χ2n) is 7.82. The number of primary amides is 1. The largest absolute Gasteiger partial charge is 0.473 e. The summed E-state index contributed by atoms with van der Waals surface area (Å²) in [6.45, 7) is -0.778. The van der Waals surface area contributed by atoms with E-state index in [9.17, 15) is 9.90 Å². The Balaban J connectivity index is 0.000000218. The highest BCUT2D eigenvalue weighted by molar-refractivity contribution is 6.31. The molecule has 2 heterocycles. The van der Waals surface area contributed by atoms with Crippen LogP contribution in [-0.4, -0.2) is 70.4 Å². The Hall–Kier alpha value is -3.81. The van der Waals surface area contributed by atoms with Crippen LogP contribution in [0.5, 0.6) is 11.8 Å². The van der Waals surface area contributed by atoms with E-state index in [-0.39, 0.29) is 38.2 Å². The number of aromatic nitrogens is 2. The molecule has 39 heavy (non-hydrogen) atoms. The number of benzene rings is 2. The molecule has 4 rings (SSSR count). The van der Waals surface area contributed by atoms with Crippen LogP contribution in [0.2, 0.25) is 10.0 Å². The number of hydrogen-bond donors (Lipinski definition) is 4. The lowest BCUT2D eigenvalue weighted by Gasteiger charge is -2.09. The van der Waals surface area contributed by atoms with E-state index in [2.05, 4.69) is 15.1 Å². The first kappa shape index (κ1) is 29.7. The van der Waals surface area contributed by atoms with Gasteiger partial charge in [0.25, 0.3) is 11.8 Å². The molecule has 2 aromatic heterocycles. The predicted molar refractivity (Wildman–Crippen MR) is 140 cm³/mol. The van der Waals surface area contributed by atoms with Crippen LogP contribution in [-0.2, 0) is 4.74 Å². The number of halogens is 2. The van der Waals surface area contributed by atoms with Crippen molar-refractivity contribution in [2.24, 2.45) is 5.73 Å². The summed E-state index contributed by atoms with van der Waals surface area (Å²) < 4.78 is 25.0. The number of hydrogen-bond acceptors (Lipinski definition) is 11. The molecule has 0 saturated heterocycles. The highest BCUT2D eigenvalue weighted by atomic mass is 35.5. The van der Waals surface area contributed by atoms with Gasteiger partial charge in [-0.15, -0.1) is 0 Å². The van der Waals surface area contributed by atoms with Crippen molar-refractivity contribution in [3.05, 3.63) is 70.7 Å². The topological polar surface area (TPSA) is 184 Å². The maximum atomic E-state index is 10.4. The molecule has 0 fully saturated rings. The first-order valence-electron chi connectivity index (χ1n) is 11.3. The first-order chi connectivity index (χ1) is 18.7. The van der Waals surface area contributed by atoms with E-state index in [0.717, 1.165) is 11.1 Å². The van der Waals surface area contributed by atoms with Crippen LogP contribution in [0.3, 0.4) is 0 Å². The minimum atomic E-state index is -1.01. The summed E-state index contributed by atoms with van der Waals surface area (Å²) in [4.78, 5) is 10.4. The molecular formula is C25H25Cl2N3O9. The van der Waals surface area contributed by atoms with Crippen molar-refractivity contribution in [2.45, 2.75) is 12.2 Å². The van der Waals surface area contributed by atoms with E-state index in [1.54, 1.807) is 48.5 Å². The minimum absolute atomic E-state index is 0.0436. The van der Waals surface area contributed by atoms with Gasteiger partial charge < -0.3 is 44.3 Å².